The van der Waals surface area contributed by atoms with E-state index in [-0.39, 0.29) is 10.9 Å². The number of aromatic carboxylic acids is 1. The van der Waals surface area contributed by atoms with Crippen LogP contribution < -0.4 is 5.11 Å². The summed E-state index contributed by atoms with van der Waals surface area (Å²) in [7, 11) is 0. The number of carbonyl (C=O) groups excluding carboxylic acids is 1. The molecular formula is C10H10ClO2-. The molecular weight excluding hydrogens is 188 g/mol. The first-order chi connectivity index (χ1) is 6.16. The molecule has 3 heteroatoms. The predicted octanol–water partition coefficient (Wildman–Crippen LogP) is 1.74. The van der Waals surface area contributed by atoms with Crippen LogP contribution >= 0.6 is 11.6 Å². The van der Waals surface area contributed by atoms with Gasteiger partial charge in [0.15, 0.2) is 0 Å². The number of carboxylic acids is 1. The van der Waals surface area contributed by atoms with Gasteiger partial charge in [0, 0.05) is 5.56 Å². The molecule has 0 aliphatic rings. The molecule has 0 bridgehead atoms. The van der Waals surface area contributed by atoms with Gasteiger partial charge in [0.1, 0.15) is 0 Å². The maximum absolute atomic E-state index is 10.7. The molecule has 1 aromatic carbocycles. The maximum Gasteiger partial charge on any atom is 0.0718 e. The molecule has 2 nitrogen and oxygen atoms in total. The van der Waals surface area contributed by atoms with Gasteiger partial charge >= 0.3 is 0 Å². The fraction of sp³-hybridized carbons (Fsp3) is 0.300. The molecule has 0 heterocycles. The molecule has 1 rings (SSSR count). The topological polar surface area (TPSA) is 40.1 Å². The third-order valence-corrected chi connectivity index (χ3v) is 2.42. The first-order valence-corrected chi connectivity index (χ1v) is 4.54. The molecule has 0 N–H and O–H groups in total. The van der Waals surface area contributed by atoms with Crippen molar-refractivity contribution in [3.8, 4) is 0 Å². The normalized spacial score (nSPS) is 12.5. The van der Waals surface area contributed by atoms with E-state index >= 15 is 0 Å². The number of benzene rings is 1. The Labute approximate surface area is 82.2 Å². The van der Waals surface area contributed by atoms with Crippen LogP contribution in [-0.2, 0) is 0 Å². The van der Waals surface area contributed by atoms with Crippen molar-refractivity contribution in [3.63, 3.8) is 0 Å². The van der Waals surface area contributed by atoms with Crippen LogP contribution in [0.3, 0.4) is 0 Å². The summed E-state index contributed by atoms with van der Waals surface area (Å²) in [5.41, 5.74) is 0.816. The average molecular weight is 198 g/mol. The molecule has 0 amide bonds. The van der Waals surface area contributed by atoms with Gasteiger partial charge < -0.3 is 9.90 Å². The number of alkyl halides is 1. The monoisotopic (exact) mass is 197 g/mol. The number of halogens is 1. The van der Waals surface area contributed by atoms with Crippen molar-refractivity contribution >= 4 is 17.6 Å². The summed E-state index contributed by atoms with van der Waals surface area (Å²) in [6.45, 7) is 1.91. The Hall–Kier alpha value is -1.02. The Morgan fingerprint density at radius 1 is 1.54 bits per heavy atom. The average Bonchev–Trinajstić information content (AvgIpc) is 2.16. The summed E-state index contributed by atoms with van der Waals surface area (Å²) < 4.78 is 0. The standard InChI is InChI=1S/C10H11ClO2/c1-2-9(11)7-5-3-4-6-8(7)10(12)13/h3-6,9H,2H2,1H3,(H,12,13)/p-1. The molecule has 0 aromatic heterocycles. The fourth-order valence-electron chi connectivity index (χ4n) is 1.18. The van der Waals surface area contributed by atoms with Crippen molar-refractivity contribution < 1.29 is 9.90 Å². The van der Waals surface area contributed by atoms with E-state index in [1.807, 2.05) is 6.92 Å². The predicted molar refractivity (Wildman–Crippen MR) is 49.7 cm³/mol. The Kier molecular flexibility index (Phi) is 3.32. The largest absolute Gasteiger partial charge is 0.545 e. The molecule has 1 atom stereocenters. The minimum atomic E-state index is -1.17. The lowest BCUT2D eigenvalue weighted by Crippen LogP contribution is -2.23. The molecule has 0 aliphatic carbocycles. The molecule has 0 saturated heterocycles. The molecule has 70 valence electrons. The molecule has 1 unspecified atom stereocenters. The maximum atomic E-state index is 10.7. The fourth-order valence-corrected chi connectivity index (χ4v) is 1.37. The highest BCUT2D eigenvalue weighted by atomic mass is 35.5. The number of hydrogen-bond acceptors (Lipinski definition) is 2. The SMILES string of the molecule is CCC(Cl)c1ccccc1C(=O)[O-]. The van der Waals surface area contributed by atoms with Crippen LogP contribution in [0.2, 0.25) is 0 Å². The van der Waals surface area contributed by atoms with Crippen LogP contribution in [0.4, 0.5) is 0 Å². The van der Waals surface area contributed by atoms with Gasteiger partial charge in [-0.2, -0.15) is 0 Å². The van der Waals surface area contributed by atoms with E-state index in [1.54, 1.807) is 18.2 Å². The van der Waals surface area contributed by atoms with E-state index in [0.29, 0.717) is 12.0 Å². The summed E-state index contributed by atoms with van der Waals surface area (Å²) in [6, 6.07) is 6.66. The Balaban J connectivity index is 3.11. The van der Waals surface area contributed by atoms with E-state index in [4.69, 9.17) is 11.6 Å². The second kappa shape index (κ2) is 4.28. The van der Waals surface area contributed by atoms with Crippen molar-refractivity contribution in [3.05, 3.63) is 35.4 Å². The van der Waals surface area contributed by atoms with Crippen molar-refractivity contribution in [1.82, 2.24) is 0 Å². The highest BCUT2D eigenvalue weighted by Crippen LogP contribution is 2.26. The Bertz CT molecular complexity index is 310. The summed E-state index contributed by atoms with van der Waals surface area (Å²) in [5.74, 6) is -1.17. The quantitative estimate of drug-likeness (QED) is 0.693. The molecule has 1 aromatic rings. The molecule has 0 fully saturated rings. The van der Waals surface area contributed by atoms with E-state index in [1.165, 1.54) is 6.07 Å². The summed E-state index contributed by atoms with van der Waals surface area (Å²) in [4.78, 5) is 10.7. The van der Waals surface area contributed by atoms with Crippen molar-refractivity contribution in [1.29, 1.82) is 0 Å². The van der Waals surface area contributed by atoms with Gasteiger partial charge in [0.2, 0.25) is 0 Å². The number of rotatable bonds is 3. The molecule has 0 saturated carbocycles. The van der Waals surface area contributed by atoms with Gasteiger partial charge in [-0.05, 0) is 12.0 Å². The minimum absolute atomic E-state index is 0.185. The molecule has 0 aliphatic heterocycles. The molecule has 0 radical (unpaired) electrons. The summed E-state index contributed by atoms with van der Waals surface area (Å²) >= 11 is 5.95. The van der Waals surface area contributed by atoms with Gasteiger partial charge in [-0.1, -0.05) is 31.2 Å². The smallest absolute Gasteiger partial charge is 0.0718 e. The van der Waals surface area contributed by atoms with Crippen LogP contribution in [0, 0.1) is 0 Å². The van der Waals surface area contributed by atoms with Crippen LogP contribution in [-0.4, -0.2) is 5.97 Å². The summed E-state index contributed by atoms with van der Waals surface area (Å²) in [6.07, 6.45) is 0.700. The number of carbonyl (C=O) groups is 1. The van der Waals surface area contributed by atoms with Crippen LogP contribution in [0.25, 0.3) is 0 Å². The van der Waals surface area contributed by atoms with Crippen LogP contribution in [0.15, 0.2) is 24.3 Å². The second-order valence-electron chi connectivity index (χ2n) is 2.75. The second-order valence-corrected chi connectivity index (χ2v) is 3.28. The Morgan fingerprint density at radius 2 is 2.15 bits per heavy atom. The minimum Gasteiger partial charge on any atom is -0.545 e. The zero-order chi connectivity index (χ0) is 9.84. The van der Waals surface area contributed by atoms with Gasteiger partial charge in [-0.15, -0.1) is 11.6 Å². The zero-order valence-corrected chi connectivity index (χ0v) is 8.04. The highest BCUT2D eigenvalue weighted by molar-refractivity contribution is 6.21. The van der Waals surface area contributed by atoms with E-state index in [0.717, 1.165) is 0 Å². The molecule has 0 spiro atoms. The van der Waals surface area contributed by atoms with Crippen LogP contribution in [0.5, 0.6) is 0 Å². The first kappa shape index (κ1) is 10.1. The van der Waals surface area contributed by atoms with E-state index in [9.17, 15) is 9.90 Å². The third-order valence-electron chi connectivity index (χ3n) is 1.88. The summed E-state index contributed by atoms with van der Waals surface area (Å²) in [5, 5.41) is 10.4. The molecule has 13 heavy (non-hydrogen) atoms. The first-order valence-electron chi connectivity index (χ1n) is 4.11. The van der Waals surface area contributed by atoms with Crippen LogP contribution in [0.1, 0.15) is 34.6 Å². The van der Waals surface area contributed by atoms with Gasteiger partial charge in [-0.25, -0.2) is 0 Å². The van der Waals surface area contributed by atoms with Gasteiger partial charge in [0.05, 0.1) is 11.3 Å². The lowest BCUT2D eigenvalue weighted by atomic mass is 10.0. The Morgan fingerprint density at radius 3 is 2.69 bits per heavy atom. The van der Waals surface area contributed by atoms with Crippen molar-refractivity contribution in [2.24, 2.45) is 0 Å². The van der Waals surface area contributed by atoms with Gasteiger partial charge in [0.25, 0.3) is 0 Å². The van der Waals surface area contributed by atoms with E-state index < -0.39 is 5.97 Å². The van der Waals surface area contributed by atoms with E-state index in [2.05, 4.69) is 0 Å². The number of carboxylic acid groups (broad SMARTS) is 1. The lowest BCUT2D eigenvalue weighted by Gasteiger charge is -2.13. The van der Waals surface area contributed by atoms with Crippen molar-refractivity contribution in [2.45, 2.75) is 18.7 Å². The third kappa shape index (κ3) is 2.22. The zero-order valence-electron chi connectivity index (χ0n) is 7.29. The van der Waals surface area contributed by atoms with Gasteiger partial charge in [-0.3, -0.25) is 0 Å². The van der Waals surface area contributed by atoms with Crippen molar-refractivity contribution in [2.75, 3.05) is 0 Å². The number of hydrogen-bond donors (Lipinski definition) is 0. The lowest BCUT2D eigenvalue weighted by molar-refractivity contribution is -0.255. The highest BCUT2D eigenvalue weighted by Gasteiger charge is 2.09.